The van der Waals surface area contributed by atoms with E-state index in [1.54, 1.807) is 0 Å². The molecule has 0 atom stereocenters. The Balaban J connectivity index is 2.11. The molecule has 18 heavy (non-hydrogen) atoms. The molecule has 3 nitrogen and oxygen atoms in total. The van der Waals surface area contributed by atoms with Crippen LogP contribution in [0.5, 0.6) is 0 Å². The van der Waals surface area contributed by atoms with E-state index in [2.05, 4.69) is 17.0 Å². The fourth-order valence-corrected chi connectivity index (χ4v) is 2.42. The van der Waals surface area contributed by atoms with Crippen molar-refractivity contribution in [1.82, 2.24) is 0 Å². The molecule has 0 spiro atoms. The Kier molecular flexibility index (Phi) is 4.55. The quantitative estimate of drug-likeness (QED) is 0.772. The first-order valence-electron chi connectivity index (χ1n) is 6.49. The molecule has 98 valence electrons. The fourth-order valence-electron chi connectivity index (χ4n) is 2.28. The second-order valence-corrected chi connectivity index (χ2v) is 5.21. The molecule has 0 amide bonds. The average Bonchev–Trinajstić information content (AvgIpc) is 2.32. The highest BCUT2D eigenvalue weighted by molar-refractivity contribution is 7.80. The molecule has 3 N–H and O–H groups in total. The molecule has 1 fully saturated rings. The summed E-state index contributed by atoms with van der Waals surface area (Å²) in [4.78, 5) is 2.83. The van der Waals surface area contributed by atoms with Crippen LogP contribution < -0.4 is 10.6 Å². The minimum absolute atomic E-state index is 0.244. The average molecular weight is 264 g/mol. The van der Waals surface area contributed by atoms with Gasteiger partial charge in [0, 0.05) is 30.4 Å². The number of aliphatic hydroxyl groups is 1. The topological polar surface area (TPSA) is 49.5 Å². The third-order valence-electron chi connectivity index (χ3n) is 3.56. The molecule has 0 radical (unpaired) electrons. The maximum atomic E-state index is 8.99. The Morgan fingerprint density at radius 3 is 2.44 bits per heavy atom. The molecule has 1 aliphatic carbocycles. The smallest absolute Gasteiger partial charge is 0.103 e. The van der Waals surface area contributed by atoms with Crippen LogP contribution in [0.15, 0.2) is 24.3 Å². The summed E-state index contributed by atoms with van der Waals surface area (Å²) in [7, 11) is 0. The Morgan fingerprint density at radius 1 is 1.33 bits per heavy atom. The van der Waals surface area contributed by atoms with Gasteiger partial charge < -0.3 is 15.7 Å². The molecular formula is C14H20N2OS. The standard InChI is InChI=1S/C14H20N2OS/c15-14(18)11-5-7-13(8-6-11)16(9-2-10-17)12-3-1-4-12/h5-8,12,17H,1-4,9-10H2,(H2,15,18). The second-order valence-electron chi connectivity index (χ2n) is 4.77. The SMILES string of the molecule is NC(=S)c1ccc(N(CCCO)C2CCC2)cc1. The predicted octanol–water partition coefficient (Wildman–Crippen LogP) is 2.06. The summed E-state index contributed by atoms with van der Waals surface area (Å²) in [6.07, 6.45) is 4.63. The molecule has 1 aliphatic rings. The van der Waals surface area contributed by atoms with Gasteiger partial charge in [-0.2, -0.15) is 0 Å². The number of rotatable bonds is 6. The number of thiocarbonyl (C=S) groups is 1. The first-order chi connectivity index (χ1) is 8.72. The van der Waals surface area contributed by atoms with Crippen LogP contribution in [0.1, 0.15) is 31.2 Å². The number of nitrogens with zero attached hydrogens (tertiary/aromatic N) is 1. The Bertz CT molecular complexity index is 401. The Labute approximate surface area is 114 Å². The van der Waals surface area contributed by atoms with E-state index < -0.39 is 0 Å². The summed E-state index contributed by atoms with van der Waals surface area (Å²) in [5.74, 6) is 0. The van der Waals surface area contributed by atoms with Gasteiger partial charge in [0.15, 0.2) is 0 Å². The van der Waals surface area contributed by atoms with Crippen LogP contribution in [0.2, 0.25) is 0 Å². The lowest BCUT2D eigenvalue weighted by molar-refractivity contribution is 0.283. The van der Waals surface area contributed by atoms with Gasteiger partial charge in [-0.3, -0.25) is 0 Å². The molecule has 1 saturated carbocycles. The molecule has 4 heteroatoms. The second kappa shape index (κ2) is 6.16. The number of benzene rings is 1. The van der Waals surface area contributed by atoms with Crippen molar-refractivity contribution in [1.29, 1.82) is 0 Å². The van der Waals surface area contributed by atoms with Crippen LogP contribution in [-0.4, -0.2) is 29.3 Å². The summed E-state index contributed by atoms with van der Waals surface area (Å²) >= 11 is 4.96. The summed E-state index contributed by atoms with van der Waals surface area (Å²) in [5, 5.41) is 8.99. The zero-order chi connectivity index (χ0) is 13.0. The number of aliphatic hydroxyl groups excluding tert-OH is 1. The van der Waals surface area contributed by atoms with Crippen molar-refractivity contribution in [2.75, 3.05) is 18.1 Å². The normalized spacial score (nSPS) is 15.2. The van der Waals surface area contributed by atoms with Crippen LogP contribution in [0.25, 0.3) is 0 Å². The number of hydrogen-bond donors (Lipinski definition) is 2. The van der Waals surface area contributed by atoms with Crippen LogP contribution in [0.4, 0.5) is 5.69 Å². The van der Waals surface area contributed by atoms with Crippen LogP contribution in [0, 0.1) is 0 Å². The van der Waals surface area contributed by atoms with Crippen LogP contribution >= 0.6 is 12.2 Å². The lowest BCUT2D eigenvalue weighted by Gasteiger charge is -2.39. The van der Waals surface area contributed by atoms with Gasteiger partial charge >= 0.3 is 0 Å². The highest BCUT2D eigenvalue weighted by Gasteiger charge is 2.24. The monoisotopic (exact) mass is 264 g/mol. The lowest BCUT2D eigenvalue weighted by atomic mass is 9.91. The number of anilines is 1. The van der Waals surface area contributed by atoms with E-state index in [-0.39, 0.29) is 6.61 Å². The van der Waals surface area contributed by atoms with E-state index in [9.17, 15) is 0 Å². The molecule has 0 heterocycles. The minimum atomic E-state index is 0.244. The molecule has 0 aliphatic heterocycles. The van der Waals surface area contributed by atoms with Crippen molar-refractivity contribution in [2.24, 2.45) is 5.73 Å². The van der Waals surface area contributed by atoms with E-state index >= 15 is 0 Å². The first kappa shape index (κ1) is 13.3. The van der Waals surface area contributed by atoms with Crippen LogP contribution in [-0.2, 0) is 0 Å². The number of nitrogens with two attached hydrogens (primary N) is 1. The fraction of sp³-hybridized carbons (Fsp3) is 0.500. The van der Waals surface area contributed by atoms with E-state index in [0.717, 1.165) is 18.5 Å². The van der Waals surface area contributed by atoms with Crippen molar-refractivity contribution in [3.05, 3.63) is 29.8 Å². The highest BCUT2D eigenvalue weighted by Crippen LogP contribution is 2.29. The molecule has 1 aromatic carbocycles. The van der Waals surface area contributed by atoms with E-state index in [1.807, 2.05) is 12.1 Å². The third kappa shape index (κ3) is 3.00. The zero-order valence-electron chi connectivity index (χ0n) is 10.5. The van der Waals surface area contributed by atoms with Gasteiger partial charge in [-0.05, 0) is 49.9 Å². The van der Waals surface area contributed by atoms with Gasteiger partial charge in [0.2, 0.25) is 0 Å². The molecule has 0 unspecified atom stereocenters. The predicted molar refractivity (Wildman–Crippen MR) is 79.0 cm³/mol. The largest absolute Gasteiger partial charge is 0.396 e. The van der Waals surface area contributed by atoms with E-state index in [1.165, 1.54) is 24.9 Å². The van der Waals surface area contributed by atoms with Crippen LogP contribution in [0.3, 0.4) is 0 Å². The van der Waals surface area contributed by atoms with Crippen molar-refractivity contribution in [2.45, 2.75) is 31.7 Å². The molecular weight excluding hydrogens is 244 g/mol. The Hall–Kier alpha value is -1.13. The lowest BCUT2D eigenvalue weighted by Crippen LogP contribution is -2.41. The molecule has 0 saturated heterocycles. The van der Waals surface area contributed by atoms with Crippen molar-refractivity contribution < 1.29 is 5.11 Å². The van der Waals surface area contributed by atoms with Gasteiger partial charge in [0.1, 0.15) is 4.99 Å². The van der Waals surface area contributed by atoms with E-state index in [0.29, 0.717) is 11.0 Å². The molecule has 0 aromatic heterocycles. The summed E-state index contributed by atoms with van der Waals surface area (Å²) < 4.78 is 0. The maximum Gasteiger partial charge on any atom is 0.103 e. The minimum Gasteiger partial charge on any atom is -0.396 e. The maximum absolute atomic E-state index is 8.99. The first-order valence-corrected chi connectivity index (χ1v) is 6.90. The summed E-state index contributed by atoms with van der Waals surface area (Å²) in [5.41, 5.74) is 7.71. The molecule has 2 rings (SSSR count). The van der Waals surface area contributed by atoms with Gasteiger partial charge in [-0.15, -0.1) is 0 Å². The molecule has 0 bridgehead atoms. The summed E-state index contributed by atoms with van der Waals surface area (Å²) in [6, 6.07) is 8.73. The van der Waals surface area contributed by atoms with Crippen molar-refractivity contribution >= 4 is 22.9 Å². The van der Waals surface area contributed by atoms with E-state index in [4.69, 9.17) is 23.1 Å². The highest BCUT2D eigenvalue weighted by atomic mass is 32.1. The van der Waals surface area contributed by atoms with Gasteiger partial charge in [0.05, 0.1) is 0 Å². The summed E-state index contributed by atoms with van der Waals surface area (Å²) in [6.45, 7) is 1.15. The molecule has 1 aromatic rings. The van der Waals surface area contributed by atoms with Gasteiger partial charge in [0.25, 0.3) is 0 Å². The third-order valence-corrected chi connectivity index (χ3v) is 3.79. The van der Waals surface area contributed by atoms with Gasteiger partial charge in [-0.1, -0.05) is 12.2 Å². The van der Waals surface area contributed by atoms with Crippen molar-refractivity contribution in [3.63, 3.8) is 0 Å². The Morgan fingerprint density at radius 2 is 2.00 bits per heavy atom. The number of hydrogen-bond acceptors (Lipinski definition) is 3. The van der Waals surface area contributed by atoms with Gasteiger partial charge in [-0.25, -0.2) is 0 Å². The van der Waals surface area contributed by atoms with Crippen molar-refractivity contribution in [3.8, 4) is 0 Å². The zero-order valence-corrected chi connectivity index (χ0v) is 11.3.